The number of halogens is 4. The van der Waals surface area contributed by atoms with Gasteiger partial charge in [-0.3, -0.25) is 0 Å². The topological polar surface area (TPSA) is 97.9 Å². The number of fused-ring (bicyclic) bond motifs is 3. The normalized spacial score (nSPS) is 22.2. The molecule has 4 aromatic rings. The van der Waals surface area contributed by atoms with Gasteiger partial charge in [0.15, 0.2) is 10.9 Å². The van der Waals surface area contributed by atoms with Crippen LogP contribution in [0.3, 0.4) is 0 Å². The Balaban J connectivity index is 1.10. The van der Waals surface area contributed by atoms with E-state index in [0.29, 0.717) is 34.0 Å². The van der Waals surface area contributed by atoms with Crippen LogP contribution in [0.15, 0.2) is 40.9 Å². The molecule has 0 spiro atoms. The first kappa shape index (κ1) is 27.1. The van der Waals surface area contributed by atoms with Crippen molar-refractivity contribution < 1.29 is 41.5 Å². The molecule has 8 nitrogen and oxygen atoms in total. The number of carboxylic acids is 1. The molecular weight excluding hydrogens is 578 g/mol. The summed E-state index contributed by atoms with van der Waals surface area (Å²) in [6.45, 7) is 0.138. The van der Waals surface area contributed by atoms with E-state index in [1.807, 2.05) is 0 Å². The number of anilines is 1. The molecule has 0 unspecified atom stereocenters. The molecule has 2 aromatic carbocycles. The molecule has 1 N–H and O–H groups in total. The molecule has 0 amide bonds. The monoisotopic (exact) mass is 603 g/mol. The fraction of sp³-hybridized carbons (Fsp3) is 0.414. The SMILES string of the molecule is O=C(O)c1cc(F)c2nc(N3[C@@H]4CC[C@@H]3CC(OCc3c(-c5ccccc5OC(F)(F)F)noc3C3CC3)C4)sc2c1. The van der Waals surface area contributed by atoms with Gasteiger partial charge in [-0.25, -0.2) is 14.2 Å². The van der Waals surface area contributed by atoms with Crippen LogP contribution in [0.2, 0.25) is 0 Å². The summed E-state index contributed by atoms with van der Waals surface area (Å²) >= 11 is 1.28. The number of rotatable bonds is 8. The van der Waals surface area contributed by atoms with E-state index in [4.69, 9.17) is 9.26 Å². The summed E-state index contributed by atoms with van der Waals surface area (Å²) in [5.41, 5.74) is 1.17. The quantitative estimate of drug-likeness (QED) is 0.210. The van der Waals surface area contributed by atoms with Crippen LogP contribution in [0, 0.1) is 5.82 Å². The van der Waals surface area contributed by atoms with E-state index in [1.54, 1.807) is 6.07 Å². The molecule has 3 aliphatic rings. The average Bonchev–Trinajstić information content (AvgIpc) is 3.45. The molecule has 13 heteroatoms. The summed E-state index contributed by atoms with van der Waals surface area (Å²) in [4.78, 5) is 18.1. The third-order valence-electron chi connectivity index (χ3n) is 8.19. The standard InChI is InChI=1S/C29H25F4N3O5S/c30-21-9-15(27(37)38)10-23-25(21)34-28(42-23)36-16-7-8-17(36)12-18(11-16)39-13-20-24(35-41-26(20)14-5-6-14)19-3-1-2-4-22(19)40-29(31,32)33/h1-4,9-10,14,16-18H,5-8,11-13H2,(H,37,38)/t16-,17-/m1/s1. The summed E-state index contributed by atoms with van der Waals surface area (Å²) in [7, 11) is 0. The minimum absolute atomic E-state index is 0.111. The van der Waals surface area contributed by atoms with Crippen LogP contribution < -0.4 is 9.64 Å². The van der Waals surface area contributed by atoms with Crippen molar-refractivity contribution >= 4 is 32.7 Å². The molecule has 4 heterocycles. The van der Waals surface area contributed by atoms with Crippen molar-refractivity contribution in [2.24, 2.45) is 0 Å². The van der Waals surface area contributed by atoms with E-state index in [0.717, 1.165) is 31.7 Å². The lowest BCUT2D eigenvalue weighted by atomic mass is 10.00. The van der Waals surface area contributed by atoms with Crippen molar-refractivity contribution in [3.63, 3.8) is 0 Å². The van der Waals surface area contributed by atoms with Gasteiger partial charge in [0.05, 0.1) is 23.0 Å². The Bertz CT molecular complexity index is 1650. The van der Waals surface area contributed by atoms with E-state index >= 15 is 0 Å². The predicted octanol–water partition coefficient (Wildman–Crippen LogP) is 7.28. The van der Waals surface area contributed by atoms with Gasteiger partial charge < -0.3 is 24.0 Å². The number of nitrogens with zero attached hydrogens (tertiary/aromatic N) is 3. The number of aromatic carboxylic acids is 1. The number of thiazole rings is 1. The fourth-order valence-electron chi connectivity index (χ4n) is 6.20. The Kier molecular flexibility index (Phi) is 6.61. The summed E-state index contributed by atoms with van der Waals surface area (Å²) in [6, 6.07) is 8.54. The highest BCUT2D eigenvalue weighted by atomic mass is 32.1. The average molecular weight is 604 g/mol. The first-order valence-electron chi connectivity index (χ1n) is 13.7. The summed E-state index contributed by atoms with van der Waals surface area (Å²) in [5, 5.41) is 14.1. The zero-order chi connectivity index (χ0) is 29.2. The minimum atomic E-state index is -4.85. The van der Waals surface area contributed by atoms with Crippen molar-refractivity contribution in [2.45, 2.75) is 75.6 Å². The summed E-state index contributed by atoms with van der Waals surface area (Å²) in [5.74, 6) is -1.39. The van der Waals surface area contributed by atoms with Gasteiger partial charge in [-0.2, -0.15) is 0 Å². The van der Waals surface area contributed by atoms with Gasteiger partial charge in [0.25, 0.3) is 0 Å². The Morgan fingerprint density at radius 1 is 1.12 bits per heavy atom. The van der Waals surface area contributed by atoms with Crippen molar-refractivity contribution in [3.05, 3.63) is 59.1 Å². The number of hydrogen-bond donors (Lipinski definition) is 1. The molecule has 7 rings (SSSR count). The van der Waals surface area contributed by atoms with Crippen LogP contribution >= 0.6 is 11.3 Å². The number of benzene rings is 2. The zero-order valence-corrected chi connectivity index (χ0v) is 22.9. The lowest BCUT2D eigenvalue weighted by Gasteiger charge is -2.38. The van der Waals surface area contributed by atoms with Crippen LogP contribution in [-0.2, 0) is 11.3 Å². The Labute approximate surface area is 240 Å². The van der Waals surface area contributed by atoms with Crippen LogP contribution in [-0.4, -0.2) is 45.8 Å². The second kappa shape index (κ2) is 10.2. The molecule has 220 valence electrons. The smallest absolute Gasteiger partial charge is 0.478 e. The lowest BCUT2D eigenvalue weighted by molar-refractivity contribution is -0.274. The zero-order valence-electron chi connectivity index (χ0n) is 22.1. The number of ether oxygens (including phenoxy) is 2. The van der Waals surface area contributed by atoms with Gasteiger partial charge in [-0.1, -0.05) is 28.6 Å². The second-order valence-electron chi connectivity index (χ2n) is 11.0. The van der Waals surface area contributed by atoms with Crippen LogP contribution in [0.4, 0.5) is 22.7 Å². The van der Waals surface area contributed by atoms with E-state index in [9.17, 15) is 27.5 Å². The van der Waals surface area contributed by atoms with Gasteiger partial charge in [-0.15, -0.1) is 13.2 Å². The fourth-order valence-corrected chi connectivity index (χ4v) is 7.37. The van der Waals surface area contributed by atoms with Crippen molar-refractivity contribution in [1.29, 1.82) is 0 Å². The van der Waals surface area contributed by atoms with Gasteiger partial charge in [0.2, 0.25) is 0 Å². The van der Waals surface area contributed by atoms with Crippen molar-refractivity contribution in [1.82, 2.24) is 10.1 Å². The molecule has 2 aromatic heterocycles. The maximum absolute atomic E-state index is 14.6. The molecule has 2 bridgehead atoms. The number of alkyl halides is 3. The molecule has 42 heavy (non-hydrogen) atoms. The molecule has 1 aliphatic carbocycles. The number of hydrogen-bond acceptors (Lipinski definition) is 8. The number of aromatic nitrogens is 2. The van der Waals surface area contributed by atoms with E-state index in [2.05, 4.69) is 19.8 Å². The van der Waals surface area contributed by atoms with Crippen molar-refractivity contribution in [3.8, 4) is 17.0 Å². The summed E-state index contributed by atoms with van der Waals surface area (Å²) in [6.07, 6.45) is 0.0965. The van der Waals surface area contributed by atoms with Gasteiger partial charge in [0, 0.05) is 29.1 Å². The molecule has 3 fully saturated rings. The first-order valence-corrected chi connectivity index (χ1v) is 14.5. The Hall–Kier alpha value is -3.71. The summed E-state index contributed by atoms with van der Waals surface area (Å²) < 4.78 is 70.7. The largest absolute Gasteiger partial charge is 0.573 e. The highest BCUT2D eigenvalue weighted by molar-refractivity contribution is 7.22. The van der Waals surface area contributed by atoms with E-state index in [-0.39, 0.29) is 58.8 Å². The third kappa shape index (κ3) is 5.08. The maximum Gasteiger partial charge on any atom is 0.573 e. The van der Waals surface area contributed by atoms with Crippen LogP contribution in [0.5, 0.6) is 5.75 Å². The molecule has 2 atom stereocenters. The van der Waals surface area contributed by atoms with Gasteiger partial charge >= 0.3 is 12.3 Å². The Morgan fingerprint density at radius 2 is 1.86 bits per heavy atom. The van der Waals surface area contributed by atoms with Gasteiger partial charge in [0.1, 0.15) is 22.7 Å². The molecular formula is C29H25F4N3O5S. The van der Waals surface area contributed by atoms with Gasteiger partial charge in [-0.05, 0) is 62.8 Å². The van der Waals surface area contributed by atoms with E-state index < -0.39 is 18.1 Å². The lowest BCUT2D eigenvalue weighted by Crippen LogP contribution is -2.45. The van der Waals surface area contributed by atoms with E-state index in [1.165, 1.54) is 35.6 Å². The number of carboxylic acid groups (broad SMARTS) is 1. The van der Waals surface area contributed by atoms with Crippen LogP contribution in [0.25, 0.3) is 21.5 Å². The molecule has 2 saturated heterocycles. The molecule has 0 radical (unpaired) electrons. The van der Waals surface area contributed by atoms with Crippen molar-refractivity contribution in [2.75, 3.05) is 4.90 Å². The first-order chi connectivity index (χ1) is 20.1. The number of piperidine rings is 1. The molecule has 2 aliphatic heterocycles. The number of carbonyl (C=O) groups is 1. The van der Waals surface area contributed by atoms with Crippen LogP contribution in [0.1, 0.15) is 66.1 Å². The Morgan fingerprint density at radius 3 is 2.55 bits per heavy atom. The minimum Gasteiger partial charge on any atom is -0.478 e. The third-order valence-corrected chi connectivity index (χ3v) is 9.21. The second-order valence-corrected chi connectivity index (χ2v) is 12.0. The highest BCUT2D eigenvalue weighted by Gasteiger charge is 2.43. The predicted molar refractivity (Wildman–Crippen MR) is 144 cm³/mol. The maximum atomic E-state index is 14.6. The highest BCUT2D eigenvalue weighted by Crippen LogP contribution is 2.47. The molecule has 1 saturated carbocycles. The number of para-hydroxylation sites is 1.